The van der Waals surface area contributed by atoms with E-state index in [2.05, 4.69) is 44.3 Å². The number of hydrogen-bond acceptors (Lipinski definition) is 5. The lowest BCUT2D eigenvalue weighted by Gasteiger charge is -2.34. The molecule has 0 radical (unpaired) electrons. The SMILES string of the molecule is c1ccc(Cc2noc(CN3CCCC[C@H]3CCc3ccccn3)n2)cc1. The third-order valence-corrected chi connectivity index (χ3v) is 5.26. The number of rotatable bonds is 7. The average Bonchev–Trinajstić information content (AvgIpc) is 3.16. The van der Waals surface area contributed by atoms with E-state index < -0.39 is 0 Å². The van der Waals surface area contributed by atoms with Crippen LogP contribution in [0.1, 0.15) is 48.7 Å². The highest BCUT2D eigenvalue weighted by Gasteiger charge is 2.24. The zero-order valence-corrected chi connectivity index (χ0v) is 15.6. The maximum Gasteiger partial charge on any atom is 0.240 e. The number of nitrogens with zero attached hydrogens (tertiary/aromatic N) is 4. The number of hydrogen-bond donors (Lipinski definition) is 0. The van der Waals surface area contributed by atoms with E-state index in [1.165, 1.54) is 30.5 Å². The highest BCUT2D eigenvalue weighted by Crippen LogP contribution is 2.23. The molecule has 0 spiro atoms. The van der Waals surface area contributed by atoms with Crippen molar-refractivity contribution in [2.75, 3.05) is 6.54 Å². The smallest absolute Gasteiger partial charge is 0.240 e. The molecule has 1 fully saturated rings. The van der Waals surface area contributed by atoms with Gasteiger partial charge in [-0.25, -0.2) is 0 Å². The molecule has 0 amide bonds. The van der Waals surface area contributed by atoms with E-state index >= 15 is 0 Å². The molecule has 1 aliphatic heterocycles. The second kappa shape index (κ2) is 8.91. The average molecular weight is 362 g/mol. The molecule has 140 valence electrons. The first-order valence-electron chi connectivity index (χ1n) is 9.86. The van der Waals surface area contributed by atoms with Crippen molar-refractivity contribution in [1.29, 1.82) is 0 Å². The molecule has 0 bridgehead atoms. The van der Waals surface area contributed by atoms with E-state index in [9.17, 15) is 0 Å². The molecular weight excluding hydrogens is 336 g/mol. The van der Waals surface area contributed by atoms with Crippen molar-refractivity contribution in [3.63, 3.8) is 0 Å². The van der Waals surface area contributed by atoms with E-state index in [1.54, 1.807) is 0 Å². The van der Waals surface area contributed by atoms with Gasteiger partial charge in [-0.05, 0) is 49.9 Å². The molecule has 0 saturated carbocycles. The lowest BCUT2D eigenvalue weighted by atomic mass is 9.97. The molecule has 3 aromatic rings. The number of piperidine rings is 1. The van der Waals surface area contributed by atoms with E-state index in [0.29, 0.717) is 12.5 Å². The van der Waals surface area contributed by atoms with Crippen LogP contribution in [-0.2, 0) is 19.4 Å². The van der Waals surface area contributed by atoms with E-state index in [4.69, 9.17) is 4.52 Å². The molecule has 1 aromatic carbocycles. The molecule has 1 aliphatic rings. The fourth-order valence-electron chi connectivity index (χ4n) is 3.83. The summed E-state index contributed by atoms with van der Waals surface area (Å²) < 4.78 is 5.54. The maximum absolute atomic E-state index is 5.54. The van der Waals surface area contributed by atoms with Crippen molar-refractivity contribution in [1.82, 2.24) is 20.0 Å². The zero-order chi connectivity index (χ0) is 18.3. The Kier molecular flexibility index (Phi) is 5.89. The van der Waals surface area contributed by atoms with E-state index in [-0.39, 0.29) is 0 Å². The summed E-state index contributed by atoms with van der Waals surface area (Å²) >= 11 is 0. The Morgan fingerprint density at radius 2 is 1.93 bits per heavy atom. The molecule has 5 nitrogen and oxygen atoms in total. The Bertz CT molecular complexity index is 819. The van der Waals surface area contributed by atoms with Gasteiger partial charge in [-0.1, -0.05) is 48.0 Å². The molecule has 0 unspecified atom stereocenters. The first-order valence-corrected chi connectivity index (χ1v) is 9.86. The van der Waals surface area contributed by atoms with Crippen LogP contribution >= 0.6 is 0 Å². The van der Waals surface area contributed by atoms with Crippen LogP contribution in [0, 0.1) is 0 Å². The van der Waals surface area contributed by atoms with Crippen LogP contribution in [0.15, 0.2) is 59.3 Å². The second-order valence-electron chi connectivity index (χ2n) is 7.25. The van der Waals surface area contributed by atoms with Crippen LogP contribution in [0.2, 0.25) is 0 Å². The molecule has 2 aromatic heterocycles. The van der Waals surface area contributed by atoms with Crippen molar-refractivity contribution in [3.8, 4) is 0 Å². The van der Waals surface area contributed by atoms with Crippen molar-refractivity contribution in [2.45, 2.75) is 51.1 Å². The Labute approximate surface area is 160 Å². The summed E-state index contributed by atoms with van der Waals surface area (Å²) in [6, 6.07) is 17.0. The Balaban J connectivity index is 1.35. The van der Waals surface area contributed by atoms with Gasteiger partial charge in [0.1, 0.15) is 0 Å². The normalized spacial score (nSPS) is 17.9. The summed E-state index contributed by atoms with van der Waals surface area (Å²) in [5.41, 5.74) is 2.38. The second-order valence-corrected chi connectivity index (χ2v) is 7.25. The summed E-state index contributed by atoms with van der Waals surface area (Å²) in [5.74, 6) is 1.49. The first kappa shape index (κ1) is 17.9. The highest BCUT2D eigenvalue weighted by molar-refractivity contribution is 5.18. The topological polar surface area (TPSA) is 55.1 Å². The van der Waals surface area contributed by atoms with E-state index in [1.807, 2.05) is 30.5 Å². The van der Waals surface area contributed by atoms with Gasteiger partial charge < -0.3 is 4.52 Å². The Hall–Kier alpha value is -2.53. The van der Waals surface area contributed by atoms with Crippen LogP contribution in [-0.4, -0.2) is 32.6 Å². The van der Waals surface area contributed by atoms with Gasteiger partial charge in [0.2, 0.25) is 5.89 Å². The van der Waals surface area contributed by atoms with Gasteiger partial charge in [0.05, 0.1) is 6.54 Å². The minimum absolute atomic E-state index is 0.560. The van der Waals surface area contributed by atoms with E-state index in [0.717, 1.165) is 37.6 Å². The molecule has 0 aliphatic carbocycles. The molecule has 1 saturated heterocycles. The zero-order valence-electron chi connectivity index (χ0n) is 15.6. The number of pyridine rings is 1. The minimum Gasteiger partial charge on any atom is -0.338 e. The minimum atomic E-state index is 0.560. The van der Waals surface area contributed by atoms with Gasteiger partial charge >= 0.3 is 0 Å². The number of aromatic nitrogens is 3. The summed E-state index contributed by atoms with van der Waals surface area (Å²) in [6.07, 6.45) is 8.51. The van der Waals surface area contributed by atoms with Gasteiger partial charge in [0.15, 0.2) is 5.82 Å². The van der Waals surface area contributed by atoms with Gasteiger partial charge in [-0.3, -0.25) is 9.88 Å². The van der Waals surface area contributed by atoms with Crippen molar-refractivity contribution in [2.24, 2.45) is 0 Å². The fraction of sp³-hybridized carbons (Fsp3) is 0.409. The largest absolute Gasteiger partial charge is 0.338 e. The lowest BCUT2D eigenvalue weighted by molar-refractivity contribution is 0.117. The van der Waals surface area contributed by atoms with Gasteiger partial charge in [-0.2, -0.15) is 4.98 Å². The van der Waals surface area contributed by atoms with Crippen molar-refractivity contribution < 1.29 is 4.52 Å². The monoisotopic (exact) mass is 362 g/mol. The van der Waals surface area contributed by atoms with Gasteiger partial charge in [0, 0.05) is 24.4 Å². The standard InChI is InChI=1S/C22H26N4O/c1-2-8-18(9-3-1)16-21-24-22(27-25-21)17-26-15-7-5-11-20(26)13-12-19-10-4-6-14-23-19/h1-4,6,8-10,14,20H,5,7,11-13,15-17H2/t20-/m0/s1. The Morgan fingerprint density at radius 1 is 1.04 bits per heavy atom. The first-order chi connectivity index (χ1) is 13.4. The number of likely N-dealkylation sites (tertiary alicyclic amines) is 1. The molecule has 5 heteroatoms. The van der Waals surface area contributed by atoms with Crippen LogP contribution in [0.4, 0.5) is 0 Å². The number of aryl methyl sites for hydroxylation is 1. The maximum atomic E-state index is 5.54. The molecular formula is C22H26N4O. The summed E-state index contributed by atoms with van der Waals surface area (Å²) in [7, 11) is 0. The summed E-state index contributed by atoms with van der Waals surface area (Å²) in [5, 5.41) is 4.17. The van der Waals surface area contributed by atoms with Crippen LogP contribution < -0.4 is 0 Å². The molecule has 1 atom stereocenters. The lowest BCUT2D eigenvalue weighted by Crippen LogP contribution is -2.39. The van der Waals surface area contributed by atoms with Gasteiger partial charge in [-0.15, -0.1) is 0 Å². The quantitative estimate of drug-likeness (QED) is 0.635. The van der Waals surface area contributed by atoms with Gasteiger partial charge in [0.25, 0.3) is 0 Å². The molecule has 3 heterocycles. The highest BCUT2D eigenvalue weighted by atomic mass is 16.5. The Morgan fingerprint density at radius 3 is 2.78 bits per heavy atom. The third kappa shape index (κ3) is 5.01. The fourth-order valence-corrected chi connectivity index (χ4v) is 3.83. The van der Waals surface area contributed by atoms with Crippen LogP contribution in [0.3, 0.4) is 0 Å². The third-order valence-electron chi connectivity index (χ3n) is 5.26. The molecule has 0 N–H and O–H groups in total. The van der Waals surface area contributed by atoms with Crippen molar-refractivity contribution >= 4 is 0 Å². The predicted molar refractivity (Wildman–Crippen MR) is 104 cm³/mol. The van der Waals surface area contributed by atoms with Crippen LogP contribution in [0.5, 0.6) is 0 Å². The summed E-state index contributed by atoms with van der Waals surface area (Å²) in [4.78, 5) is 11.6. The summed E-state index contributed by atoms with van der Waals surface area (Å²) in [6.45, 7) is 1.85. The molecule has 27 heavy (non-hydrogen) atoms. The van der Waals surface area contributed by atoms with Crippen molar-refractivity contribution in [3.05, 3.63) is 77.7 Å². The van der Waals surface area contributed by atoms with Crippen LogP contribution in [0.25, 0.3) is 0 Å². The number of benzene rings is 1. The predicted octanol–water partition coefficient (Wildman–Crippen LogP) is 4.04. The molecule has 4 rings (SSSR count).